The van der Waals surface area contributed by atoms with Crippen molar-refractivity contribution in [3.63, 3.8) is 0 Å². The molecule has 1 N–H and O–H groups in total. The zero-order valence-corrected chi connectivity index (χ0v) is 9.24. The quantitative estimate of drug-likeness (QED) is 0.857. The Morgan fingerprint density at radius 2 is 2.12 bits per heavy atom. The molecular weight excluding hydrogens is 217 g/mol. The van der Waals surface area contributed by atoms with Gasteiger partial charge in [-0.15, -0.1) is 0 Å². The van der Waals surface area contributed by atoms with Gasteiger partial charge in [0.05, 0.1) is 11.6 Å². The van der Waals surface area contributed by atoms with Crippen molar-refractivity contribution in [2.45, 2.75) is 6.92 Å². The maximum atomic E-state index is 13.0. The molecule has 1 aromatic heterocycles. The van der Waals surface area contributed by atoms with Crippen molar-refractivity contribution in [2.75, 3.05) is 5.32 Å². The van der Waals surface area contributed by atoms with Crippen LogP contribution in [0.15, 0.2) is 36.4 Å². The molecule has 0 radical (unpaired) electrons. The van der Waals surface area contributed by atoms with Crippen LogP contribution in [0.25, 0.3) is 0 Å². The SMILES string of the molecule is Cc1cc(C#N)cc(Nc2cccc(F)c2)n1. The first-order valence-corrected chi connectivity index (χ1v) is 5.09. The molecule has 4 heteroatoms. The molecule has 3 nitrogen and oxygen atoms in total. The van der Waals surface area contributed by atoms with E-state index in [1.54, 1.807) is 31.2 Å². The van der Waals surface area contributed by atoms with Crippen LogP contribution < -0.4 is 5.32 Å². The summed E-state index contributed by atoms with van der Waals surface area (Å²) in [6, 6.07) is 11.5. The lowest BCUT2D eigenvalue weighted by molar-refractivity contribution is 0.628. The number of aromatic nitrogens is 1. The van der Waals surface area contributed by atoms with Gasteiger partial charge in [0, 0.05) is 11.4 Å². The summed E-state index contributed by atoms with van der Waals surface area (Å²) in [6.07, 6.45) is 0. The average molecular weight is 227 g/mol. The fraction of sp³-hybridized carbons (Fsp3) is 0.0769. The fourth-order valence-electron chi connectivity index (χ4n) is 1.51. The van der Waals surface area contributed by atoms with E-state index < -0.39 is 0 Å². The number of aryl methyl sites for hydroxylation is 1. The highest BCUT2D eigenvalue weighted by Crippen LogP contribution is 2.17. The van der Waals surface area contributed by atoms with Crippen molar-refractivity contribution < 1.29 is 4.39 Å². The number of halogens is 1. The van der Waals surface area contributed by atoms with E-state index in [1.165, 1.54) is 12.1 Å². The second-order valence-electron chi connectivity index (χ2n) is 3.63. The highest BCUT2D eigenvalue weighted by molar-refractivity contribution is 5.57. The largest absolute Gasteiger partial charge is 0.340 e. The van der Waals surface area contributed by atoms with Gasteiger partial charge < -0.3 is 5.32 Å². The molecule has 0 aliphatic rings. The first kappa shape index (κ1) is 11.1. The topological polar surface area (TPSA) is 48.7 Å². The van der Waals surface area contributed by atoms with Gasteiger partial charge in [0.15, 0.2) is 0 Å². The number of hydrogen-bond donors (Lipinski definition) is 1. The molecule has 0 aliphatic carbocycles. The molecule has 0 fully saturated rings. The van der Waals surface area contributed by atoms with Gasteiger partial charge in [0.2, 0.25) is 0 Å². The predicted octanol–water partition coefficient (Wildman–Crippen LogP) is 3.14. The van der Waals surface area contributed by atoms with Crippen LogP contribution in [-0.2, 0) is 0 Å². The summed E-state index contributed by atoms with van der Waals surface area (Å²) in [5.74, 6) is 0.218. The molecule has 2 rings (SSSR count). The highest BCUT2D eigenvalue weighted by Gasteiger charge is 2.01. The summed E-state index contributed by atoms with van der Waals surface area (Å²) in [5.41, 5.74) is 1.87. The molecular formula is C13H10FN3. The number of rotatable bonds is 2. The normalized spacial score (nSPS) is 9.71. The Bertz CT molecular complexity index is 587. The van der Waals surface area contributed by atoms with Crippen molar-refractivity contribution in [3.8, 4) is 6.07 Å². The fourth-order valence-corrected chi connectivity index (χ4v) is 1.51. The molecule has 2 aromatic rings. The number of pyridine rings is 1. The zero-order valence-electron chi connectivity index (χ0n) is 9.24. The standard InChI is InChI=1S/C13H10FN3/c1-9-5-10(8-15)6-13(16-9)17-12-4-2-3-11(14)7-12/h2-7H,1H3,(H,16,17). The maximum absolute atomic E-state index is 13.0. The molecule has 0 saturated carbocycles. The molecule has 0 bridgehead atoms. The van der Waals surface area contributed by atoms with Gasteiger partial charge in [0.25, 0.3) is 0 Å². The minimum absolute atomic E-state index is 0.317. The molecule has 1 aromatic carbocycles. The highest BCUT2D eigenvalue weighted by atomic mass is 19.1. The Kier molecular flexibility index (Phi) is 3.01. The number of nitriles is 1. The first-order valence-electron chi connectivity index (χ1n) is 5.09. The summed E-state index contributed by atoms with van der Waals surface area (Å²) in [7, 11) is 0. The first-order chi connectivity index (χ1) is 8.17. The summed E-state index contributed by atoms with van der Waals surface area (Å²) < 4.78 is 13.0. The lowest BCUT2D eigenvalue weighted by atomic mass is 10.2. The van der Waals surface area contributed by atoms with Crippen LogP contribution in [0.4, 0.5) is 15.9 Å². The molecule has 0 aliphatic heterocycles. The van der Waals surface area contributed by atoms with E-state index in [1.807, 2.05) is 0 Å². The lowest BCUT2D eigenvalue weighted by Gasteiger charge is -2.06. The molecule has 0 saturated heterocycles. The smallest absolute Gasteiger partial charge is 0.131 e. The van der Waals surface area contributed by atoms with Crippen LogP contribution in [-0.4, -0.2) is 4.98 Å². The van der Waals surface area contributed by atoms with E-state index in [2.05, 4.69) is 16.4 Å². The van der Waals surface area contributed by atoms with Crippen molar-refractivity contribution in [1.29, 1.82) is 5.26 Å². The van der Waals surface area contributed by atoms with Gasteiger partial charge in [-0.25, -0.2) is 9.37 Å². The predicted molar refractivity (Wildman–Crippen MR) is 63.4 cm³/mol. The van der Waals surface area contributed by atoms with E-state index in [-0.39, 0.29) is 5.82 Å². The summed E-state index contributed by atoms with van der Waals surface area (Å²) in [4.78, 5) is 4.22. The Morgan fingerprint density at radius 1 is 1.29 bits per heavy atom. The number of anilines is 2. The molecule has 0 atom stereocenters. The van der Waals surface area contributed by atoms with Gasteiger partial charge in [0.1, 0.15) is 11.6 Å². The van der Waals surface area contributed by atoms with E-state index in [9.17, 15) is 4.39 Å². The van der Waals surface area contributed by atoms with Gasteiger partial charge in [-0.2, -0.15) is 5.26 Å². The molecule has 84 valence electrons. The minimum Gasteiger partial charge on any atom is -0.340 e. The lowest BCUT2D eigenvalue weighted by Crippen LogP contribution is -1.96. The Labute approximate surface area is 98.5 Å². The summed E-state index contributed by atoms with van der Waals surface area (Å²) in [6.45, 7) is 1.80. The van der Waals surface area contributed by atoms with Crippen LogP contribution in [0.2, 0.25) is 0 Å². The number of hydrogen-bond acceptors (Lipinski definition) is 3. The zero-order chi connectivity index (χ0) is 12.3. The van der Waals surface area contributed by atoms with Gasteiger partial charge in [-0.3, -0.25) is 0 Å². The Morgan fingerprint density at radius 3 is 2.82 bits per heavy atom. The van der Waals surface area contributed by atoms with Gasteiger partial charge in [-0.1, -0.05) is 6.07 Å². The summed E-state index contributed by atoms with van der Waals surface area (Å²) >= 11 is 0. The van der Waals surface area contributed by atoms with Crippen molar-refractivity contribution in [2.24, 2.45) is 0 Å². The third-order valence-electron chi connectivity index (χ3n) is 2.18. The van der Waals surface area contributed by atoms with Crippen molar-refractivity contribution >= 4 is 11.5 Å². The molecule has 0 unspecified atom stereocenters. The molecule has 17 heavy (non-hydrogen) atoms. The van der Waals surface area contributed by atoms with Crippen LogP contribution in [0.3, 0.4) is 0 Å². The second kappa shape index (κ2) is 4.62. The summed E-state index contributed by atoms with van der Waals surface area (Å²) in [5, 5.41) is 11.8. The monoisotopic (exact) mass is 227 g/mol. The van der Waals surface area contributed by atoms with Crippen molar-refractivity contribution in [3.05, 3.63) is 53.5 Å². The third kappa shape index (κ3) is 2.79. The van der Waals surface area contributed by atoms with Crippen molar-refractivity contribution in [1.82, 2.24) is 4.98 Å². The molecule has 1 heterocycles. The minimum atomic E-state index is -0.317. The van der Waals surface area contributed by atoms with Crippen LogP contribution in [0, 0.1) is 24.1 Å². The Balaban J connectivity index is 2.30. The van der Waals surface area contributed by atoms with Crippen LogP contribution >= 0.6 is 0 Å². The number of nitrogens with one attached hydrogen (secondary N) is 1. The third-order valence-corrected chi connectivity index (χ3v) is 2.18. The van der Waals surface area contributed by atoms with E-state index >= 15 is 0 Å². The van der Waals surface area contributed by atoms with E-state index in [0.717, 1.165) is 5.69 Å². The van der Waals surface area contributed by atoms with E-state index in [0.29, 0.717) is 17.1 Å². The van der Waals surface area contributed by atoms with E-state index in [4.69, 9.17) is 5.26 Å². The maximum Gasteiger partial charge on any atom is 0.131 e. The number of benzene rings is 1. The number of nitrogens with zero attached hydrogens (tertiary/aromatic N) is 2. The second-order valence-corrected chi connectivity index (χ2v) is 3.63. The van der Waals surface area contributed by atoms with Crippen LogP contribution in [0.1, 0.15) is 11.3 Å². The Hall–Kier alpha value is -2.41. The van der Waals surface area contributed by atoms with Gasteiger partial charge in [-0.05, 0) is 37.3 Å². The molecule has 0 amide bonds. The molecule has 0 spiro atoms. The average Bonchev–Trinajstić information content (AvgIpc) is 2.28. The van der Waals surface area contributed by atoms with Crippen LogP contribution in [0.5, 0.6) is 0 Å². The van der Waals surface area contributed by atoms with Gasteiger partial charge >= 0.3 is 0 Å².